The SMILES string of the molecule is O=C1CC[C@@H]2CCCC[C@@]23OC[C@H](c2ccccc2)N13. The molecule has 1 amide bonds. The number of ether oxygens (including phenoxy) is 1. The molecule has 3 nitrogen and oxygen atoms in total. The van der Waals surface area contributed by atoms with E-state index in [0.717, 1.165) is 12.8 Å². The molecule has 0 N–H and O–H groups in total. The zero-order chi connectivity index (χ0) is 13.6. The smallest absolute Gasteiger partial charge is 0.225 e. The van der Waals surface area contributed by atoms with Gasteiger partial charge in [-0.05, 0) is 31.2 Å². The lowest BCUT2D eigenvalue weighted by Crippen LogP contribution is -2.58. The average molecular weight is 271 g/mol. The Morgan fingerprint density at radius 1 is 1.15 bits per heavy atom. The van der Waals surface area contributed by atoms with Crippen molar-refractivity contribution >= 4 is 5.91 Å². The van der Waals surface area contributed by atoms with E-state index in [4.69, 9.17) is 4.74 Å². The second-order valence-electron chi connectivity index (χ2n) is 6.33. The van der Waals surface area contributed by atoms with Crippen LogP contribution in [0.25, 0.3) is 0 Å². The van der Waals surface area contributed by atoms with Crippen LogP contribution in [-0.4, -0.2) is 23.1 Å². The first kappa shape index (κ1) is 12.4. The summed E-state index contributed by atoms with van der Waals surface area (Å²) in [6, 6.07) is 10.5. The summed E-state index contributed by atoms with van der Waals surface area (Å²) in [7, 11) is 0. The van der Waals surface area contributed by atoms with Crippen molar-refractivity contribution in [2.24, 2.45) is 5.92 Å². The lowest BCUT2D eigenvalue weighted by molar-refractivity contribution is -0.185. The lowest BCUT2D eigenvalue weighted by Gasteiger charge is -2.50. The Kier molecular flexibility index (Phi) is 2.84. The maximum Gasteiger partial charge on any atom is 0.225 e. The van der Waals surface area contributed by atoms with E-state index in [1.54, 1.807) is 0 Å². The fraction of sp³-hybridized carbons (Fsp3) is 0.588. The Labute approximate surface area is 119 Å². The normalized spacial score (nSPS) is 36.6. The predicted molar refractivity (Wildman–Crippen MR) is 75.9 cm³/mol. The van der Waals surface area contributed by atoms with Crippen LogP contribution >= 0.6 is 0 Å². The van der Waals surface area contributed by atoms with Crippen molar-refractivity contribution in [2.45, 2.75) is 50.3 Å². The highest BCUT2D eigenvalue weighted by molar-refractivity contribution is 5.79. The van der Waals surface area contributed by atoms with Crippen molar-refractivity contribution in [1.82, 2.24) is 4.90 Å². The number of hydrogen-bond acceptors (Lipinski definition) is 2. The molecule has 3 atom stereocenters. The quantitative estimate of drug-likeness (QED) is 0.784. The third-order valence-corrected chi connectivity index (χ3v) is 5.35. The van der Waals surface area contributed by atoms with Crippen LogP contribution in [0.2, 0.25) is 0 Å². The first-order valence-corrected chi connectivity index (χ1v) is 7.82. The summed E-state index contributed by atoms with van der Waals surface area (Å²) < 4.78 is 6.29. The number of piperidine rings is 1. The van der Waals surface area contributed by atoms with Gasteiger partial charge in [-0.15, -0.1) is 0 Å². The van der Waals surface area contributed by atoms with Crippen LogP contribution in [0.5, 0.6) is 0 Å². The number of rotatable bonds is 1. The molecule has 1 aliphatic carbocycles. The number of carbonyl (C=O) groups is 1. The topological polar surface area (TPSA) is 29.5 Å². The molecule has 2 heterocycles. The highest BCUT2D eigenvalue weighted by Gasteiger charge is 2.57. The van der Waals surface area contributed by atoms with Gasteiger partial charge in [0.05, 0.1) is 12.6 Å². The molecule has 1 aromatic carbocycles. The zero-order valence-corrected chi connectivity index (χ0v) is 11.8. The van der Waals surface area contributed by atoms with E-state index in [2.05, 4.69) is 17.0 Å². The van der Waals surface area contributed by atoms with Gasteiger partial charge >= 0.3 is 0 Å². The minimum Gasteiger partial charge on any atom is -0.353 e. The van der Waals surface area contributed by atoms with Gasteiger partial charge in [-0.3, -0.25) is 4.79 Å². The molecule has 3 fully saturated rings. The van der Waals surface area contributed by atoms with E-state index in [1.165, 1.54) is 24.8 Å². The molecule has 0 aromatic heterocycles. The van der Waals surface area contributed by atoms with Crippen LogP contribution in [-0.2, 0) is 9.53 Å². The van der Waals surface area contributed by atoms with E-state index in [-0.39, 0.29) is 17.7 Å². The Hall–Kier alpha value is -1.35. The second-order valence-corrected chi connectivity index (χ2v) is 6.33. The first-order chi connectivity index (χ1) is 9.81. The third-order valence-electron chi connectivity index (χ3n) is 5.35. The molecule has 2 saturated heterocycles. The monoisotopic (exact) mass is 271 g/mol. The minimum atomic E-state index is -0.284. The molecule has 4 rings (SSSR count). The van der Waals surface area contributed by atoms with E-state index < -0.39 is 0 Å². The lowest BCUT2D eigenvalue weighted by atomic mass is 9.74. The standard InChI is InChI=1S/C17H21NO2/c19-16-10-9-14-8-4-5-11-17(14)18(16)15(12-20-17)13-6-2-1-3-7-13/h1-3,6-7,14-15H,4-5,8-12H2/t14-,15+,17+/m0/s1. The number of benzene rings is 1. The Bertz CT molecular complexity index is 515. The molecule has 1 spiro atoms. The molecule has 3 aliphatic rings. The molecule has 1 saturated carbocycles. The molecule has 20 heavy (non-hydrogen) atoms. The fourth-order valence-corrected chi connectivity index (χ4v) is 4.43. The van der Waals surface area contributed by atoms with Crippen molar-refractivity contribution in [2.75, 3.05) is 6.61 Å². The van der Waals surface area contributed by atoms with Gasteiger partial charge in [-0.25, -0.2) is 0 Å². The van der Waals surface area contributed by atoms with Crippen LogP contribution in [0, 0.1) is 5.92 Å². The molecule has 2 aliphatic heterocycles. The summed E-state index contributed by atoms with van der Waals surface area (Å²) >= 11 is 0. The zero-order valence-electron chi connectivity index (χ0n) is 11.8. The molecule has 0 unspecified atom stereocenters. The summed E-state index contributed by atoms with van der Waals surface area (Å²) in [5.41, 5.74) is 0.928. The molecular formula is C17H21NO2. The van der Waals surface area contributed by atoms with Crippen LogP contribution in [0.3, 0.4) is 0 Å². The molecule has 0 bridgehead atoms. The highest BCUT2D eigenvalue weighted by Crippen LogP contribution is 2.52. The molecule has 0 radical (unpaired) electrons. The van der Waals surface area contributed by atoms with Gasteiger partial charge in [0.1, 0.15) is 5.72 Å². The molecule has 3 heteroatoms. The average Bonchev–Trinajstić information content (AvgIpc) is 2.88. The Morgan fingerprint density at radius 3 is 2.85 bits per heavy atom. The van der Waals surface area contributed by atoms with Crippen molar-refractivity contribution in [3.8, 4) is 0 Å². The summed E-state index contributed by atoms with van der Waals surface area (Å²) in [5.74, 6) is 0.831. The number of amides is 1. The number of carbonyl (C=O) groups excluding carboxylic acids is 1. The summed E-state index contributed by atoms with van der Waals surface area (Å²) in [4.78, 5) is 14.7. The summed E-state index contributed by atoms with van der Waals surface area (Å²) in [5, 5.41) is 0. The van der Waals surface area contributed by atoms with Crippen molar-refractivity contribution in [3.63, 3.8) is 0 Å². The second kappa shape index (κ2) is 4.59. The van der Waals surface area contributed by atoms with Gasteiger partial charge in [0.15, 0.2) is 0 Å². The van der Waals surface area contributed by atoms with E-state index in [9.17, 15) is 4.79 Å². The molecule has 1 aromatic rings. The van der Waals surface area contributed by atoms with E-state index in [0.29, 0.717) is 18.9 Å². The molecule has 106 valence electrons. The number of hydrogen-bond donors (Lipinski definition) is 0. The minimum absolute atomic E-state index is 0.115. The number of nitrogens with zero attached hydrogens (tertiary/aromatic N) is 1. The summed E-state index contributed by atoms with van der Waals surface area (Å²) in [6.07, 6.45) is 6.41. The van der Waals surface area contributed by atoms with Gasteiger partial charge in [-0.1, -0.05) is 36.8 Å². The first-order valence-electron chi connectivity index (χ1n) is 7.82. The van der Waals surface area contributed by atoms with Crippen LogP contribution < -0.4 is 0 Å². The Balaban J connectivity index is 1.73. The van der Waals surface area contributed by atoms with Gasteiger partial charge in [0.25, 0.3) is 0 Å². The van der Waals surface area contributed by atoms with Gasteiger partial charge < -0.3 is 9.64 Å². The maximum absolute atomic E-state index is 12.6. The van der Waals surface area contributed by atoms with E-state index >= 15 is 0 Å². The highest BCUT2D eigenvalue weighted by atomic mass is 16.5. The van der Waals surface area contributed by atoms with Gasteiger partial charge in [-0.2, -0.15) is 0 Å². The van der Waals surface area contributed by atoms with Gasteiger partial charge in [0.2, 0.25) is 5.91 Å². The van der Waals surface area contributed by atoms with Crippen LogP contribution in [0.4, 0.5) is 0 Å². The Morgan fingerprint density at radius 2 is 2.00 bits per heavy atom. The van der Waals surface area contributed by atoms with Crippen LogP contribution in [0.15, 0.2) is 30.3 Å². The van der Waals surface area contributed by atoms with Crippen molar-refractivity contribution in [1.29, 1.82) is 0 Å². The predicted octanol–water partition coefficient (Wildman–Crippen LogP) is 3.27. The third kappa shape index (κ3) is 1.65. The van der Waals surface area contributed by atoms with Crippen molar-refractivity contribution in [3.05, 3.63) is 35.9 Å². The van der Waals surface area contributed by atoms with Gasteiger partial charge in [0, 0.05) is 12.3 Å². The molecular weight excluding hydrogens is 250 g/mol. The summed E-state index contributed by atoms with van der Waals surface area (Å²) in [6.45, 7) is 0.659. The van der Waals surface area contributed by atoms with Crippen LogP contribution in [0.1, 0.15) is 50.1 Å². The maximum atomic E-state index is 12.6. The largest absolute Gasteiger partial charge is 0.353 e. The fourth-order valence-electron chi connectivity index (χ4n) is 4.43. The van der Waals surface area contributed by atoms with Crippen molar-refractivity contribution < 1.29 is 9.53 Å². The van der Waals surface area contributed by atoms with E-state index in [1.807, 2.05) is 18.2 Å².